The van der Waals surface area contributed by atoms with Gasteiger partial charge < -0.3 is 14.8 Å². The Morgan fingerprint density at radius 2 is 2.00 bits per heavy atom. The highest BCUT2D eigenvalue weighted by atomic mass is 35.5. The summed E-state index contributed by atoms with van der Waals surface area (Å²) in [6.45, 7) is 6.08. The van der Waals surface area contributed by atoms with Gasteiger partial charge in [-0.2, -0.15) is 0 Å². The number of nitrogens with one attached hydrogen (secondary N) is 1. The van der Waals surface area contributed by atoms with Crippen LogP contribution in [-0.2, 0) is 16.0 Å². The maximum absolute atomic E-state index is 13.1. The molecule has 2 aliphatic rings. The van der Waals surface area contributed by atoms with Crippen LogP contribution in [0.1, 0.15) is 37.9 Å². The molecule has 0 spiro atoms. The number of carbonyl (C=O) groups is 1. The topological polar surface area (TPSA) is 50.8 Å². The maximum atomic E-state index is 13.1. The molecule has 0 amide bonds. The summed E-state index contributed by atoms with van der Waals surface area (Å²) in [5, 5.41) is 4.41. The van der Waals surface area contributed by atoms with Crippen LogP contribution in [0.4, 0.5) is 5.69 Å². The van der Waals surface area contributed by atoms with E-state index in [-0.39, 0.29) is 18.6 Å². The molecule has 2 aromatic carbocycles. The monoisotopic (exact) mass is 430 g/mol. The third-order valence-electron chi connectivity index (χ3n) is 5.60. The van der Waals surface area contributed by atoms with E-state index in [2.05, 4.69) is 24.4 Å². The van der Waals surface area contributed by atoms with Crippen LogP contribution in [0.15, 0.2) is 42.5 Å². The Morgan fingerprint density at radius 1 is 1.28 bits per heavy atom. The number of halogens is 1. The molecule has 0 aliphatic carbocycles. The van der Waals surface area contributed by atoms with Gasteiger partial charge in [-0.25, -0.2) is 0 Å². The molecule has 0 saturated carbocycles. The minimum absolute atomic E-state index is 0.288. The molecule has 2 aromatic rings. The molecule has 152 valence electrons. The molecule has 2 heterocycles. The molecule has 1 N–H and O–H groups in total. The van der Waals surface area contributed by atoms with E-state index in [9.17, 15) is 4.79 Å². The fourth-order valence-corrected chi connectivity index (χ4v) is 4.81. The fourth-order valence-electron chi connectivity index (χ4n) is 4.22. The van der Waals surface area contributed by atoms with E-state index in [0.29, 0.717) is 15.9 Å². The molecule has 0 unspecified atom stereocenters. The van der Waals surface area contributed by atoms with Crippen molar-refractivity contribution in [1.29, 1.82) is 0 Å². The Hall–Kier alpha value is -2.31. The normalized spacial score (nSPS) is 25.0. The average Bonchev–Trinajstić information content (AvgIpc) is 2.68. The van der Waals surface area contributed by atoms with Crippen molar-refractivity contribution < 1.29 is 14.3 Å². The lowest BCUT2D eigenvalue weighted by Crippen LogP contribution is -2.71. The second-order valence-electron chi connectivity index (χ2n) is 7.35. The third-order valence-corrected chi connectivity index (χ3v) is 6.14. The zero-order valence-electron chi connectivity index (χ0n) is 16.6. The molecule has 1 fully saturated rings. The molecule has 7 heteroatoms. The Kier molecular flexibility index (Phi) is 5.17. The van der Waals surface area contributed by atoms with Gasteiger partial charge in [0.05, 0.1) is 12.6 Å². The molecule has 29 heavy (non-hydrogen) atoms. The van der Waals surface area contributed by atoms with Crippen molar-refractivity contribution in [1.82, 2.24) is 5.32 Å². The number of ether oxygens (including phenoxy) is 2. The Morgan fingerprint density at radius 3 is 2.66 bits per heavy atom. The number of nitrogens with zero attached hydrogens (tertiary/aromatic N) is 1. The Labute approximate surface area is 180 Å². The number of anilines is 1. The average molecular weight is 431 g/mol. The lowest BCUT2D eigenvalue weighted by molar-refractivity contribution is -0.159. The molecule has 2 aliphatic heterocycles. The smallest absolute Gasteiger partial charge is 0.317 e. The highest BCUT2D eigenvalue weighted by molar-refractivity contribution is 7.80. The largest absolute Gasteiger partial charge is 0.466 e. The molecule has 0 aromatic heterocycles. The van der Waals surface area contributed by atoms with Crippen LogP contribution in [-0.4, -0.2) is 23.4 Å². The number of benzene rings is 2. The maximum Gasteiger partial charge on any atom is 0.317 e. The van der Waals surface area contributed by atoms with Gasteiger partial charge in [0.15, 0.2) is 5.11 Å². The Balaban J connectivity index is 1.86. The number of fused-ring (bicyclic) bond motifs is 4. The summed E-state index contributed by atoms with van der Waals surface area (Å²) in [4.78, 5) is 14.9. The molecular formula is C22H23ClN2O3S. The van der Waals surface area contributed by atoms with Crippen molar-refractivity contribution in [2.75, 3.05) is 11.5 Å². The summed E-state index contributed by atoms with van der Waals surface area (Å²) >= 11 is 11.9. The summed E-state index contributed by atoms with van der Waals surface area (Å²) in [5.41, 5.74) is 1.83. The summed E-state index contributed by atoms with van der Waals surface area (Å²) < 4.78 is 11.9. The van der Waals surface area contributed by atoms with E-state index in [0.717, 1.165) is 17.7 Å². The van der Waals surface area contributed by atoms with E-state index < -0.39 is 11.6 Å². The number of hydrogen-bond acceptors (Lipinski definition) is 4. The first-order valence-electron chi connectivity index (χ1n) is 9.73. The summed E-state index contributed by atoms with van der Waals surface area (Å²) in [5.74, 6) is -0.297. The second-order valence-corrected chi connectivity index (χ2v) is 8.17. The third kappa shape index (κ3) is 3.24. The van der Waals surface area contributed by atoms with Crippen molar-refractivity contribution in [2.45, 2.75) is 39.0 Å². The number of esters is 1. The number of hydrogen-bond donors (Lipinski definition) is 1. The van der Waals surface area contributed by atoms with Gasteiger partial charge >= 0.3 is 5.97 Å². The van der Waals surface area contributed by atoms with Crippen molar-refractivity contribution >= 4 is 40.6 Å². The van der Waals surface area contributed by atoms with Gasteiger partial charge in [0.2, 0.25) is 5.72 Å². The summed E-state index contributed by atoms with van der Waals surface area (Å²) in [7, 11) is 0. The molecule has 1 saturated heterocycles. The predicted octanol–water partition coefficient (Wildman–Crippen LogP) is 4.63. The SMILES string of the molecule is CCOC(=O)[C@H]1[C@H]2NC(=S)N(c3ccc(CC)cc3)[C@@]1(C)Oc1ccc(Cl)cc12. The summed E-state index contributed by atoms with van der Waals surface area (Å²) in [6, 6.07) is 13.2. The van der Waals surface area contributed by atoms with Gasteiger partial charge in [0, 0.05) is 16.3 Å². The van der Waals surface area contributed by atoms with E-state index >= 15 is 0 Å². The molecule has 3 atom stereocenters. The van der Waals surface area contributed by atoms with Crippen molar-refractivity contribution in [3.05, 3.63) is 58.6 Å². The van der Waals surface area contributed by atoms with Crippen LogP contribution < -0.4 is 15.0 Å². The first-order chi connectivity index (χ1) is 13.9. The van der Waals surface area contributed by atoms with Crippen molar-refractivity contribution in [2.24, 2.45) is 5.92 Å². The Bertz CT molecular complexity index is 965. The number of aryl methyl sites for hydroxylation is 1. The quantitative estimate of drug-likeness (QED) is 0.564. The zero-order valence-corrected chi connectivity index (χ0v) is 18.1. The van der Waals surface area contributed by atoms with Crippen LogP contribution in [0.3, 0.4) is 0 Å². The minimum Gasteiger partial charge on any atom is -0.466 e. The standard InChI is InChI=1S/C22H23ClN2O3S/c1-4-13-6-9-15(10-7-13)25-21(29)24-19-16-12-14(23)8-11-17(16)28-22(25,3)18(19)20(26)27-5-2/h6-12,18-19H,4-5H2,1-3H3,(H,24,29)/t18-,19+,22+/m1/s1. The highest BCUT2D eigenvalue weighted by Gasteiger charge is 2.59. The summed E-state index contributed by atoms with van der Waals surface area (Å²) in [6.07, 6.45) is 0.943. The molecule has 4 rings (SSSR count). The van der Waals surface area contributed by atoms with Crippen LogP contribution in [0.5, 0.6) is 5.75 Å². The van der Waals surface area contributed by atoms with E-state index in [1.165, 1.54) is 5.56 Å². The van der Waals surface area contributed by atoms with Gasteiger partial charge in [-0.15, -0.1) is 0 Å². The molecule has 2 bridgehead atoms. The lowest BCUT2D eigenvalue weighted by Gasteiger charge is -2.55. The van der Waals surface area contributed by atoms with Gasteiger partial charge in [0.1, 0.15) is 11.7 Å². The highest BCUT2D eigenvalue weighted by Crippen LogP contribution is 2.50. The lowest BCUT2D eigenvalue weighted by atomic mass is 9.79. The number of carbonyl (C=O) groups excluding carboxylic acids is 1. The van der Waals surface area contributed by atoms with Gasteiger partial charge in [0.25, 0.3) is 0 Å². The van der Waals surface area contributed by atoms with E-state index in [1.54, 1.807) is 13.0 Å². The molecular weight excluding hydrogens is 408 g/mol. The molecule has 5 nitrogen and oxygen atoms in total. The number of thiocarbonyl (C=S) groups is 1. The zero-order chi connectivity index (χ0) is 20.8. The van der Waals surface area contributed by atoms with Crippen LogP contribution in [0, 0.1) is 5.92 Å². The van der Waals surface area contributed by atoms with Gasteiger partial charge in [-0.3, -0.25) is 9.69 Å². The van der Waals surface area contributed by atoms with Gasteiger partial charge in [-0.05, 0) is 68.4 Å². The van der Waals surface area contributed by atoms with Crippen LogP contribution >= 0.6 is 23.8 Å². The second kappa shape index (κ2) is 7.50. The van der Waals surface area contributed by atoms with Crippen molar-refractivity contribution in [3.63, 3.8) is 0 Å². The van der Waals surface area contributed by atoms with Gasteiger partial charge in [-0.1, -0.05) is 30.7 Å². The predicted molar refractivity (Wildman–Crippen MR) is 117 cm³/mol. The van der Waals surface area contributed by atoms with E-state index in [1.807, 2.05) is 36.1 Å². The van der Waals surface area contributed by atoms with E-state index in [4.69, 9.17) is 33.3 Å². The van der Waals surface area contributed by atoms with Crippen LogP contribution in [0.2, 0.25) is 5.02 Å². The fraction of sp³-hybridized carbons (Fsp3) is 0.364. The van der Waals surface area contributed by atoms with Crippen LogP contribution in [0.25, 0.3) is 0 Å². The molecule has 0 radical (unpaired) electrons. The minimum atomic E-state index is -1.05. The van der Waals surface area contributed by atoms with Crippen molar-refractivity contribution in [3.8, 4) is 5.75 Å². The number of rotatable bonds is 4. The first-order valence-corrected chi connectivity index (χ1v) is 10.5. The first kappa shape index (κ1) is 20.0.